The molecule has 0 saturated carbocycles. The third-order valence-corrected chi connectivity index (χ3v) is 7.92. The van der Waals surface area contributed by atoms with Gasteiger partial charge in [-0.1, -0.05) is 18.2 Å². The van der Waals surface area contributed by atoms with Gasteiger partial charge in [0.1, 0.15) is 23.8 Å². The lowest BCUT2D eigenvalue weighted by Crippen LogP contribution is -2.56. The predicted octanol–water partition coefficient (Wildman–Crippen LogP) is 2.58. The van der Waals surface area contributed by atoms with Gasteiger partial charge < -0.3 is 19.7 Å². The second-order valence-electron chi connectivity index (χ2n) is 7.78. The molecule has 1 spiro atoms. The van der Waals surface area contributed by atoms with E-state index < -0.39 is 15.7 Å². The van der Waals surface area contributed by atoms with Crippen LogP contribution in [0, 0.1) is 0 Å². The van der Waals surface area contributed by atoms with Crippen molar-refractivity contribution in [2.45, 2.75) is 17.7 Å². The average Bonchev–Trinajstić information content (AvgIpc) is 3.03. The lowest BCUT2D eigenvalue weighted by molar-refractivity contribution is -0.116. The van der Waals surface area contributed by atoms with E-state index in [1.807, 2.05) is 30.3 Å². The predicted molar refractivity (Wildman–Crippen MR) is 117 cm³/mol. The normalized spacial score (nSPS) is 21.9. The molecule has 2 aromatic carbocycles. The number of carbonyl (C=O) groups is 2. The highest BCUT2D eigenvalue weighted by molar-refractivity contribution is 7.88. The molecule has 3 aliphatic heterocycles. The average molecular weight is 442 g/mol. The van der Waals surface area contributed by atoms with Gasteiger partial charge in [0.15, 0.2) is 11.5 Å². The van der Waals surface area contributed by atoms with Crippen LogP contribution in [-0.4, -0.2) is 58.0 Å². The number of fused-ring (bicyclic) bond motifs is 1. The van der Waals surface area contributed by atoms with Crippen molar-refractivity contribution < 1.29 is 23.3 Å². The molecular weight excluding hydrogens is 418 g/mol. The molecule has 9 heteroatoms. The van der Waals surface area contributed by atoms with Gasteiger partial charge in [0.05, 0.1) is 10.8 Å². The van der Waals surface area contributed by atoms with Crippen molar-refractivity contribution in [2.75, 3.05) is 42.3 Å². The zero-order valence-electron chi connectivity index (χ0n) is 16.9. The van der Waals surface area contributed by atoms with Gasteiger partial charge in [0.2, 0.25) is 5.91 Å². The fourth-order valence-corrected chi connectivity index (χ4v) is 6.10. The quantitative estimate of drug-likeness (QED) is 0.774. The summed E-state index contributed by atoms with van der Waals surface area (Å²) in [4.78, 5) is 28.1. The van der Waals surface area contributed by atoms with E-state index in [9.17, 15) is 13.8 Å². The van der Waals surface area contributed by atoms with Crippen molar-refractivity contribution >= 4 is 34.1 Å². The first kappa shape index (κ1) is 19.9. The van der Waals surface area contributed by atoms with Crippen LogP contribution in [0.25, 0.3) is 0 Å². The van der Waals surface area contributed by atoms with Crippen molar-refractivity contribution in [3.05, 3.63) is 48.5 Å². The number of urea groups is 1. The molecule has 8 nitrogen and oxygen atoms in total. The SMILES string of the molecule is O=C(Nc1ccc2c(c1)OCCO2)N1CCC2(CC1)N(c1ccccc1)C(=O)CS2=O. The monoisotopic (exact) mass is 441 g/mol. The van der Waals surface area contributed by atoms with Crippen molar-refractivity contribution in [3.8, 4) is 11.5 Å². The summed E-state index contributed by atoms with van der Waals surface area (Å²) in [6.45, 7) is 1.82. The van der Waals surface area contributed by atoms with Gasteiger partial charge in [0, 0.05) is 43.4 Å². The Morgan fingerprint density at radius 1 is 1.00 bits per heavy atom. The fraction of sp³-hybridized carbons (Fsp3) is 0.364. The molecule has 1 unspecified atom stereocenters. The van der Waals surface area contributed by atoms with Gasteiger partial charge in [-0.3, -0.25) is 13.9 Å². The van der Waals surface area contributed by atoms with E-state index in [0.29, 0.717) is 56.3 Å². The first-order valence-electron chi connectivity index (χ1n) is 10.3. The Balaban J connectivity index is 1.29. The number of nitrogens with zero attached hydrogens (tertiary/aromatic N) is 2. The minimum Gasteiger partial charge on any atom is -0.486 e. The van der Waals surface area contributed by atoms with Crippen molar-refractivity contribution in [2.24, 2.45) is 0 Å². The topological polar surface area (TPSA) is 88.2 Å². The van der Waals surface area contributed by atoms with Gasteiger partial charge in [-0.15, -0.1) is 0 Å². The number of anilines is 2. The summed E-state index contributed by atoms with van der Waals surface area (Å²) in [5.41, 5.74) is 1.38. The number of ether oxygens (including phenoxy) is 2. The summed E-state index contributed by atoms with van der Waals surface area (Å²) in [6.07, 6.45) is 0.934. The van der Waals surface area contributed by atoms with Gasteiger partial charge in [-0.2, -0.15) is 0 Å². The Hall–Kier alpha value is -3.07. The lowest BCUT2D eigenvalue weighted by atomic mass is 10.0. The minimum absolute atomic E-state index is 0.0261. The number of hydrogen-bond donors (Lipinski definition) is 1. The van der Waals surface area contributed by atoms with Crippen LogP contribution in [-0.2, 0) is 15.6 Å². The van der Waals surface area contributed by atoms with E-state index in [1.165, 1.54) is 0 Å². The number of benzene rings is 2. The van der Waals surface area contributed by atoms with Crippen LogP contribution in [0.5, 0.6) is 11.5 Å². The first-order valence-corrected chi connectivity index (χ1v) is 11.6. The number of nitrogens with one attached hydrogen (secondary N) is 1. The van der Waals surface area contributed by atoms with Crippen LogP contribution in [0.1, 0.15) is 12.8 Å². The maximum Gasteiger partial charge on any atom is 0.321 e. The number of carbonyl (C=O) groups excluding carboxylic acids is 2. The van der Waals surface area contributed by atoms with Crippen LogP contribution >= 0.6 is 0 Å². The molecule has 3 aliphatic rings. The molecule has 3 amide bonds. The second-order valence-corrected chi connectivity index (χ2v) is 9.52. The number of likely N-dealkylation sites (tertiary alicyclic amines) is 1. The minimum atomic E-state index is -1.31. The molecule has 3 heterocycles. The number of rotatable bonds is 2. The zero-order valence-corrected chi connectivity index (χ0v) is 17.7. The van der Waals surface area contributed by atoms with E-state index in [2.05, 4.69) is 5.32 Å². The Kier molecular flexibility index (Phi) is 5.05. The summed E-state index contributed by atoms with van der Waals surface area (Å²) in [5.74, 6) is 1.18. The number of piperidine rings is 1. The Bertz CT molecular complexity index is 1040. The van der Waals surface area contributed by atoms with Gasteiger partial charge in [-0.25, -0.2) is 4.79 Å². The highest BCUT2D eigenvalue weighted by Crippen LogP contribution is 2.41. The third kappa shape index (κ3) is 3.52. The molecule has 0 radical (unpaired) electrons. The molecule has 5 rings (SSSR count). The van der Waals surface area contributed by atoms with Crippen LogP contribution in [0.15, 0.2) is 48.5 Å². The zero-order chi connectivity index (χ0) is 21.4. The maximum absolute atomic E-state index is 13.0. The van der Waals surface area contributed by atoms with Crippen LogP contribution in [0.3, 0.4) is 0 Å². The fourth-order valence-electron chi connectivity index (χ4n) is 4.43. The summed E-state index contributed by atoms with van der Waals surface area (Å²) in [7, 11) is -1.31. The van der Waals surface area contributed by atoms with Crippen molar-refractivity contribution in [1.29, 1.82) is 0 Å². The summed E-state index contributed by atoms with van der Waals surface area (Å²) in [6, 6.07) is 14.4. The van der Waals surface area contributed by atoms with Gasteiger partial charge in [0.25, 0.3) is 0 Å². The molecule has 2 fully saturated rings. The van der Waals surface area contributed by atoms with E-state index in [0.717, 1.165) is 5.69 Å². The molecule has 0 bridgehead atoms. The first-order chi connectivity index (χ1) is 15.1. The van der Waals surface area contributed by atoms with Gasteiger partial charge in [-0.05, 0) is 24.3 Å². The number of amides is 3. The highest BCUT2D eigenvalue weighted by Gasteiger charge is 2.53. The van der Waals surface area contributed by atoms with Crippen molar-refractivity contribution in [1.82, 2.24) is 4.90 Å². The van der Waals surface area contributed by atoms with E-state index in [4.69, 9.17) is 9.47 Å². The van der Waals surface area contributed by atoms with Crippen LogP contribution in [0.2, 0.25) is 0 Å². The van der Waals surface area contributed by atoms with Crippen molar-refractivity contribution in [3.63, 3.8) is 0 Å². The maximum atomic E-state index is 13.0. The molecule has 31 heavy (non-hydrogen) atoms. The second kappa shape index (κ2) is 7.88. The molecule has 2 aromatic rings. The van der Waals surface area contributed by atoms with Crippen LogP contribution in [0.4, 0.5) is 16.2 Å². The number of para-hydroxylation sites is 1. The van der Waals surface area contributed by atoms with E-state index in [-0.39, 0.29) is 17.7 Å². The molecule has 0 aliphatic carbocycles. The molecule has 0 aromatic heterocycles. The smallest absolute Gasteiger partial charge is 0.321 e. The van der Waals surface area contributed by atoms with E-state index in [1.54, 1.807) is 28.0 Å². The molecule has 2 saturated heterocycles. The number of hydrogen-bond acceptors (Lipinski definition) is 5. The van der Waals surface area contributed by atoms with Gasteiger partial charge >= 0.3 is 6.03 Å². The molecule has 1 atom stereocenters. The molecular formula is C22H23N3O5S. The summed E-state index contributed by atoms with van der Waals surface area (Å²) in [5, 5.41) is 2.90. The molecule has 1 N–H and O–H groups in total. The highest BCUT2D eigenvalue weighted by atomic mass is 32.2. The lowest BCUT2D eigenvalue weighted by Gasteiger charge is -2.43. The largest absolute Gasteiger partial charge is 0.486 e. The Labute approximate surface area is 182 Å². The standard InChI is InChI=1S/C22H23N3O5S/c26-20-15-31(28)22(25(20)17-4-2-1-3-5-17)8-10-24(11-9-22)21(27)23-16-6-7-18-19(14-16)30-13-12-29-18/h1-7,14H,8-13,15H2,(H,23,27). The summed E-state index contributed by atoms with van der Waals surface area (Å²) < 4.78 is 24.0. The Morgan fingerprint density at radius 2 is 1.71 bits per heavy atom. The molecule has 162 valence electrons. The summed E-state index contributed by atoms with van der Waals surface area (Å²) >= 11 is 0. The van der Waals surface area contributed by atoms with Crippen LogP contribution < -0.4 is 19.7 Å². The third-order valence-electron chi connectivity index (χ3n) is 5.98. The van der Waals surface area contributed by atoms with E-state index >= 15 is 0 Å². The Morgan fingerprint density at radius 3 is 2.45 bits per heavy atom.